The van der Waals surface area contributed by atoms with E-state index in [9.17, 15) is 8.42 Å². The molecule has 0 aromatic heterocycles. The summed E-state index contributed by atoms with van der Waals surface area (Å²) in [6.45, 7) is 0.991. The van der Waals surface area contributed by atoms with Crippen LogP contribution in [0.1, 0.15) is 12.8 Å². The number of ether oxygens (including phenoxy) is 2. The van der Waals surface area contributed by atoms with Crippen LogP contribution in [-0.2, 0) is 14.8 Å². The van der Waals surface area contributed by atoms with Gasteiger partial charge < -0.3 is 9.47 Å². The minimum absolute atomic E-state index is 0.0343. The molecule has 1 aliphatic rings. The van der Waals surface area contributed by atoms with Crippen LogP contribution in [0.5, 0.6) is 5.75 Å². The first-order chi connectivity index (χ1) is 9.03. The van der Waals surface area contributed by atoms with E-state index in [1.165, 1.54) is 13.2 Å². The third-order valence-electron chi connectivity index (χ3n) is 2.94. The number of nitrogens with one attached hydrogen (secondary N) is 1. The molecule has 1 unspecified atom stereocenters. The molecule has 1 N–H and O–H groups in total. The quantitative estimate of drug-likeness (QED) is 0.881. The summed E-state index contributed by atoms with van der Waals surface area (Å²) in [7, 11) is -2.15. The number of benzene rings is 1. The molecule has 0 saturated carbocycles. The molecule has 1 atom stereocenters. The van der Waals surface area contributed by atoms with Gasteiger partial charge in [-0.05, 0) is 31.0 Å². The van der Waals surface area contributed by atoms with Crippen LogP contribution in [0, 0.1) is 0 Å². The maximum Gasteiger partial charge on any atom is 0.244 e. The van der Waals surface area contributed by atoms with Crippen LogP contribution in [0.15, 0.2) is 27.6 Å². The van der Waals surface area contributed by atoms with Crippen LogP contribution in [0.3, 0.4) is 0 Å². The minimum atomic E-state index is -3.60. The second-order valence-corrected chi connectivity index (χ2v) is 6.93. The summed E-state index contributed by atoms with van der Waals surface area (Å²) in [5, 5.41) is 0. The Morgan fingerprint density at radius 1 is 1.53 bits per heavy atom. The first-order valence-electron chi connectivity index (χ1n) is 5.98. The molecule has 1 heterocycles. The highest BCUT2D eigenvalue weighted by molar-refractivity contribution is 9.10. The van der Waals surface area contributed by atoms with Gasteiger partial charge in [0.05, 0.1) is 13.2 Å². The molecule has 0 amide bonds. The van der Waals surface area contributed by atoms with E-state index in [1.54, 1.807) is 12.1 Å². The molecule has 0 radical (unpaired) electrons. The van der Waals surface area contributed by atoms with E-state index in [2.05, 4.69) is 20.7 Å². The standard InChI is InChI=1S/C12H16BrNO4S/c1-17-11-5-4-9(13)7-12(11)19(15,16)14-8-10-3-2-6-18-10/h4-5,7,10,14H,2-3,6,8H2,1H3. The van der Waals surface area contributed by atoms with Gasteiger partial charge in [0, 0.05) is 17.6 Å². The van der Waals surface area contributed by atoms with Crippen molar-refractivity contribution >= 4 is 26.0 Å². The fourth-order valence-electron chi connectivity index (χ4n) is 1.95. The van der Waals surface area contributed by atoms with Crippen LogP contribution in [0.4, 0.5) is 0 Å². The molecule has 0 bridgehead atoms. The predicted octanol–water partition coefficient (Wildman–Crippen LogP) is 1.91. The molecule has 106 valence electrons. The van der Waals surface area contributed by atoms with Crippen LogP contribution < -0.4 is 9.46 Å². The van der Waals surface area contributed by atoms with Gasteiger partial charge in [-0.1, -0.05) is 15.9 Å². The highest BCUT2D eigenvalue weighted by Crippen LogP contribution is 2.27. The lowest BCUT2D eigenvalue weighted by Crippen LogP contribution is -2.32. The van der Waals surface area contributed by atoms with Gasteiger partial charge in [-0.3, -0.25) is 0 Å². The summed E-state index contributed by atoms with van der Waals surface area (Å²) in [6.07, 6.45) is 1.83. The van der Waals surface area contributed by atoms with Crippen molar-refractivity contribution in [1.29, 1.82) is 0 Å². The number of rotatable bonds is 5. The van der Waals surface area contributed by atoms with Crippen LogP contribution >= 0.6 is 15.9 Å². The normalized spacial score (nSPS) is 19.6. The summed E-state index contributed by atoms with van der Waals surface area (Å²) in [6, 6.07) is 4.87. The lowest BCUT2D eigenvalue weighted by Gasteiger charge is -2.13. The molecular weight excluding hydrogens is 334 g/mol. The van der Waals surface area contributed by atoms with Crippen molar-refractivity contribution in [3.05, 3.63) is 22.7 Å². The Labute approximate surface area is 121 Å². The zero-order valence-electron chi connectivity index (χ0n) is 10.6. The van der Waals surface area contributed by atoms with E-state index in [4.69, 9.17) is 9.47 Å². The van der Waals surface area contributed by atoms with Gasteiger partial charge in [-0.25, -0.2) is 13.1 Å². The van der Waals surface area contributed by atoms with E-state index >= 15 is 0 Å². The Balaban J connectivity index is 2.16. The van der Waals surface area contributed by atoms with Gasteiger partial charge in [0.15, 0.2) is 0 Å². The van der Waals surface area contributed by atoms with Gasteiger partial charge in [-0.15, -0.1) is 0 Å². The lowest BCUT2D eigenvalue weighted by molar-refractivity contribution is 0.114. The molecule has 1 fully saturated rings. The van der Waals surface area contributed by atoms with E-state index in [-0.39, 0.29) is 17.5 Å². The van der Waals surface area contributed by atoms with Crippen molar-refractivity contribution in [1.82, 2.24) is 4.72 Å². The smallest absolute Gasteiger partial charge is 0.244 e. The van der Waals surface area contributed by atoms with Crippen molar-refractivity contribution in [2.45, 2.75) is 23.8 Å². The van der Waals surface area contributed by atoms with Crippen LogP contribution in [0.25, 0.3) is 0 Å². The number of sulfonamides is 1. The highest BCUT2D eigenvalue weighted by atomic mass is 79.9. The van der Waals surface area contributed by atoms with Crippen molar-refractivity contribution in [2.75, 3.05) is 20.3 Å². The third kappa shape index (κ3) is 3.68. The summed E-state index contributed by atoms with van der Waals surface area (Å²) in [4.78, 5) is 0.127. The Kier molecular flexibility index (Phi) is 4.83. The van der Waals surface area contributed by atoms with E-state index in [0.29, 0.717) is 16.8 Å². The Bertz CT molecular complexity index is 541. The van der Waals surface area contributed by atoms with Gasteiger partial charge >= 0.3 is 0 Å². The second-order valence-electron chi connectivity index (χ2n) is 4.28. The van der Waals surface area contributed by atoms with Crippen LogP contribution in [0.2, 0.25) is 0 Å². The van der Waals surface area contributed by atoms with Crippen molar-refractivity contribution in [3.63, 3.8) is 0 Å². The van der Waals surface area contributed by atoms with Gasteiger partial charge in [0.1, 0.15) is 10.6 Å². The molecular formula is C12H16BrNO4S. The lowest BCUT2D eigenvalue weighted by atomic mass is 10.2. The number of hydrogen-bond donors (Lipinski definition) is 1. The van der Waals surface area contributed by atoms with E-state index in [0.717, 1.165) is 12.8 Å². The maximum atomic E-state index is 12.3. The van der Waals surface area contributed by atoms with Gasteiger partial charge in [0.25, 0.3) is 0 Å². The average molecular weight is 350 g/mol. The molecule has 0 aliphatic carbocycles. The fraction of sp³-hybridized carbons (Fsp3) is 0.500. The number of hydrogen-bond acceptors (Lipinski definition) is 4. The predicted molar refractivity (Wildman–Crippen MR) is 74.9 cm³/mol. The zero-order chi connectivity index (χ0) is 13.9. The monoisotopic (exact) mass is 349 g/mol. The molecule has 2 rings (SSSR count). The molecule has 1 aliphatic heterocycles. The zero-order valence-corrected chi connectivity index (χ0v) is 13.0. The molecule has 5 nitrogen and oxygen atoms in total. The Morgan fingerprint density at radius 2 is 2.32 bits per heavy atom. The number of methoxy groups -OCH3 is 1. The molecule has 0 spiro atoms. The molecule has 7 heteroatoms. The van der Waals surface area contributed by atoms with Crippen LogP contribution in [-0.4, -0.2) is 34.8 Å². The van der Waals surface area contributed by atoms with E-state index < -0.39 is 10.0 Å². The summed E-state index contributed by atoms with van der Waals surface area (Å²) < 4.78 is 38.2. The third-order valence-corrected chi connectivity index (χ3v) is 4.88. The Morgan fingerprint density at radius 3 is 2.95 bits per heavy atom. The van der Waals surface area contributed by atoms with Crippen molar-refractivity contribution < 1.29 is 17.9 Å². The number of halogens is 1. The summed E-state index contributed by atoms with van der Waals surface area (Å²) in [5.41, 5.74) is 0. The van der Waals surface area contributed by atoms with E-state index in [1.807, 2.05) is 0 Å². The SMILES string of the molecule is COc1ccc(Br)cc1S(=O)(=O)NCC1CCCO1. The minimum Gasteiger partial charge on any atom is -0.495 e. The van der Waals surface area contributed by atoms with Crippen molar-refractivity contribution in [2.24, 2.45) is 0 Å². The molecule has 1 aromatic carbocycles. The van der Waals surface area contributed by atoms with Gasteiger partial charge in [-0.2, -0.15) is 0 Å². The second kappa shape index (κ2) is 6.21. The molecule has 1 saturated heterocycles. The average Bonchev–Trinajstić information content (AvgIpc) is 2.89. The highest BCUT2D eigenvalue weighted by Gasteiger charge is 2.23. The molecule has 19 heavy (non-hydrogen) atoms. The topological polar surface area (TPSA) is 64.6 Å². The Hall–Kier alpha value is -0.630. The summed E-state index contributed by atoms with van der Waals surface area (Å²) in [5.74, 6) is 0.322. The summed E-state index contributed by atoms with van der Waals surface area (Å²) >= 11 is 3.26. The largest absolute Gasteiger partial charge is 0.495 e. The maximum absolute atomic E-state index is 12.3. The van der Waals surface area contributed by atoms with Gasteiger partial charge in [0.2, 0.25) is 10.0 Å². The first kappa shape index (κ1) is 14.8. The fourth-order valence-corrected chi connectivity index (χ4v) is 3.72. The molecule has 1 aromatic rings. The van der Waals surface area contributed by atoms with Crippen molar-refractivity contribution in [3.8, 4) is 5.75 Å². The first-order valence-corrected chi connectivity index (χ1v) is 8.25.